The number of aryl methyl sites for hydroxylation is 1. The lowest BCUT2D eigenvalue weighted by atomic mass is 9.90. The molecule has 1 aromatic carbocycles. The van der Waals surface area contributed by atoms with Gasteiger partial charge in [-0.25, -0.2) is 4.98 Å². The van der Waals surface area contributed by atoms with Gasteiger partial charge in [-0.15, -0.1) is 5.10 Å². The Balaban J connectivity index is 1.06. The van der Waals surface area contributed by atoms with Gasteiger partial charge in [0, 0.05) is 37.1 Å². The van der Waals surface area contributed by atoms with Gasteiger partial charge in [-0.2, -0.15) is 4.98 Å². The molecule has 0 spiro atoms. The van der Waals surface area contributed by atoms with Gasteiger partial charge in [0.25, 0.3) is 0 Å². The summed E-state index contributed by atoms with van der Waals surface area (Å²) in [5.41, 5.74) is 1.68. The summed E-state index contributed by atoms with van der Waals surface area (Å²) in [5, 5.41) is 23.9. The topological polar surface area (TPSA) is 151 Å². The van der Waals surface area contributed by atoms with E-state index in [-0.39, 0.29) is 36.2 Å². The number of carbonyl (C=O) groups is 2. The first-order valence-corrected chi connectivity index (χ1v) is 18.9. The van der Waals surface area contributed by atoms with E-state index >= 15 is 0 Å². The van der Waals surface area contributed by atoms with Crippen LogP contribution in [-0.4, -0.2) is 93.2 Å². The Hall–Kier alpha value is -3.84. The molecule has 50 heavy (non-hydrogen) atoms. The monoisotopic (exact) mass is 690 g/mol. The smallest absolute Gasteiger partial charge is 0.306 e. The fraction of sp³-hybridized carbons (Fsp3) is 0.676. The number of esters is 1. The van der Waals surface area contributed by atoms with Crippen molar-refractivity contribution < 1.29 is 14.3 Å². The van der Waals surface area contributed by atoms with Crippen LogP contribution < -0.4 is 21.3 Å². The summed E-state index contributed by atoms with van der Waals surface area (Å²) in [6, 6.07) is 8.86. The first kappa shape index (κ1) is 37.4. The molecule has 4 N–H and O–H groups in total. The molecular formula is C37H58N10O3. The SMILES string of the molecule is CCOC(=O)CC(C(=O)N1CCC(Nc2nc(NCc3cn(CCCNCCCNC4CCCCC4)nn3)nc3ccccc23)CC1)C(C)C. The van der Waals surface area contributed by atoms with Crippen LogP contribution in [0.2, 0.25) is 0 Å². The van der Waals surface area contributed by atoms with Crippen molar-refractivity contribution in [2.45, 2.75) is 110 Å². The molecule has 3 heterocycles. The Labute approximate surface area is 297 Å². The highest BCUT2D eigenvalue weighted by molar-refractivity contribution is 5.90. The molecule has 3 aromatic rings. The van der Waals surface area contributed by atoms with Gasteiger partial charge in [0.15, 0.2) is 0 Å². The Morgan fingerprint density at radius 3 is 2.52 bits per heavy atom. The molecule has 1 amide bonds. The predicted molar refractivity (Wildman–Crippen MR) is 197 cm³/mol. The van der Waals surface area contributed by atoms with E-state index in [0.29, 0.717) is 32.2 Å². The number of likely N-dealkylation sites (tertiary alicyclic amines) is 1. The number of carbonyl (C=O) groups excluding carboxylic acids is 2. The van der Waals surface area contributed by atoms with Gasteiger partial charge < -0.3 is 30.9 Å². The van der Waals surface area contributed by atoms with Crippen LogP contribution in [0.4, 0.5) is 11.8 Å². The van der Waals surface area contributed by atoms with Crippen molar-refractivity contribution in [1.29, 1.82) is 0 Å². The van der Waals surface area contributed by atoms with Crippen molar-refractivity contribution in [3.63, 3.8) is 0 Å². The van der Waals surface area contributed by atoms with Crippen molar-refractivity contribution in [2.75, 3.05) is 50.0 Å². The zero-order valence-corrected chi connectivity index (χ0v) is 30.3. The third-order valence-corrected chi connectivity index (χ3v) is 9.89. The molecule has 274 valence electrons. The number of anilines is 2. The van der Waals surface area contributed by atoms with E-state index in [1.807, 2.05) is 53.9 Å². The van der Waals surface area contributed by atoms with E-state index in [4.69, 9.17) is 14.7 Å². The van der Waals surface area contributed by atoms with Gasteiger partial charge in [-0.3, -0.25) is 14.3 Å². The van der Waals surface area contributed by atoms with Crippen molar-refractivity contribution in [3.05, 3.63) is 36.2 Å². The number of hydrogen-bond acceptors (Lipinski definition) is 11. The minimum atomic E-state index is -0.371. The molecule has 0 radical (unpaired) electrons. The van der Waals surface area contributed by atoms with Gasteiger partial charge in [0.2, 0.25) is 11.9 Å². The molecule has 2 fully saturated rings. The largest absolute Gasteiger partial charge is 0.466 e. The van der Waals surface area contributed by atoms with Crippen LogP contribution in [0.25, 0.3) is 10.9 Å². The van der Waals surface area contributed by atoms with Gasteiger partial charge in [-0.05, 0) is 83.1 Å². The van der Waals surface area contributed by atoms with E-state index in [2.05, 4.69) is 31.6 Å². The predicted octanol–water partition coefficient (Wildman–Crippen LogP) is 4.75. The van der Waals surface area contributed by atoms with Crippen molar-refractivity contribution in [1.82, 2.24) is 40.5 Å². The van der Waals surface area contributed by atoms with Crippen molar-refractivity contribution in [2.24, 2.45) is 11.8 Å². The molecule has 1 saturated carbocycles. The molecule has 1 atom stereocenters. The molecule has 1 aliphatic heterocycles. The first-order chi connectivity index (χ1) is 24.4. The minimum absolute atomic E-state index is 0.0343. The summed E-state index contributed by atoms with van der Waals surface area (Å²) in [7, 11) is 0. The summed E-state index contributed by atoms with van der Waals surface area (Å²) < 4.78 is 7.02. The standard InChI is InChI=1S/C37H58N10O3/c1-4-50-34(48)24-32(27(2)3)36(49)46-22-16-29(17-23-46)41-35-31-14-8-9-15-33(31)42-37(43-35)40-25-30-26-47(45-44-30)21-11-19-38-18-10-20-39-28-12-6-5-7-13-28/h8-9,14-15,26-29,32,38-39H,4-7,10-13,16-25H2,1-3H3,(H2,40,41,42,43). The zero-order chi connectivity index (χ0) is 35.1. The summed E-state index contributed by atoms with van der Waals surface area (Å²) in [6.07, 6.45) is 12.6. The fourth-order valence-corrected chi connectivity index (χ4v) is 6.96. The van der Waals surface area contributed by atoms with Crippen LogP contribution in [0, 0.1) is 11.8 Å². The van der Waals surface area contributed by atoms with E-state index in [1.54, 1.807) is 6.92 Å². The number of fused-ring (bicyclic) bond motifs is 1. The maximum Gasteiger partial charge on any atom is 0.306 e. The number of nitrogens with zero attached hydrogens (tertiary/aromatic N) is 6. The average Bonchev–Trinajstić information content (AvgIpc) is 3.59. The Bertz CT molecular complexity index is 1480. The second-order valence-electron chi connectivity index (χ2n) is 14.1. The molecule has 13 heteroatoms. The molecule has 0 bridgehead atoms. The molecular weight excluding hydrogens is 632 g/mol. The molecule has 1 saturated heterocycles. The zero-order valence-electron chi connectivity index (χ0n) is 30.3. The lowest BCUT2D eigenvalue weighted by Crippen LogP contribution is -2.46. The van der Waals surface area contributed by atoms with Crippen LogP contribution in [0.5, 0.6) is 0 Å². The van der Waals surface area contributed by atoms with Crippen LogP contribution in [-0.2, 0) is 27.4 Å². The van der Waals surface area contributed by atoms with Crippen LogP contribution in [0.15, 0.2) is 30.5 Å². The van der Waals surface area contributed by atoms with Crippen molar-refractivity contribution in [3.8, 4) is 0 Å². The number of rotatable bonds is 19. The third-order valence-electron chi connectivity index (χ3n) is 9.89. The quantitative estimate of drug-likeness (QED) is 0.102. The second-order valence-corrected chi connectivity index (χ2v) is 14.1. The summed E-state index contributed by atoms with van der Waals surface area (Å²) in [4.78, 5) is 37.0. The fourth-order valence-electron chi connectivity index (χ4n) is 6.96. The Morgan fingerprint density at radius 2 is 1.74 bits per heavy atom. The number of hydrogen-bond donors (Lipinski definition) is 4. The second kappa shape index (κ2) is 19.5. The Kier molecular flexibility index (Phi) is 14.6. The molecule has 1 unspecified atom stereocenters. The number of para-hydroxylation sites is 1. The van der Waals surface area contributed by atoms with Gasteiger partial charge in [-0.1, -0.05) is 50.5 Å². The van der Waals surface area contributed by atoms with Gasteiger partial charge in [0.1, 0.15) is 11.5 Å². The van der Waals surface area contributed by atoms with Gasteiger partial charge in [0.05, 0.1) is 37.2 Å². The molecule has 5 rings (SSSR count). The number of ether oxygens (including phenoxy) is 1. The number of nitrogens with one attached hydrogen (secondary N) is 4. The lowest BCUT2D eigenvalue weighted by Gasteiger charge is -2.35. The summed E-state index contributed by atoms with van der Waals surface area (Å²) >= 11 is 0. The molecule has 1 aliphatic carbocycles. The number of piperidine rings is 1. The van der Waals surface area contributed by atoms with E-state index in [9.17, 15) is 9.59 Å². The third kappa shape index (κ3) is 11.3. The van der Waals surface area contributed by atoms with E-state index < -0.39 is 0 Å². The van der Waals surface area contributed by atoms with E-state index in [0.717, 1.165) is 80.3 Å². The molecule has 2 aromatic heterocycles. The highest BCUT2D eigenvalue weighted by atomic mass is 16.5. The number of amides is 1. The molecule has 13 nitrogen and oxygen atoms in total. The van der Waals surface area contributed by atoms with Crippen molar-refractivity contribution >= 4 is 34.5 Å². The average molecular weight is 691 g/mol. The van der Waals surface area contributed by atoms with Crippen LogP contribution >= 0.6 is 0 Å². The van der Waals surface area contributed by atoms with Gasteiger partial charge >= 0.3 is 5.97 Å². The maximum atomic E-state index is 13.4. The highest BCUT2D eigenvalue weighted by Crippen LogP contribution is 2.27. The number of benzene rings is 1. The van der Waals surface area contributed by atoms with Crippen LogP contribution in [0.3, 0.4) is 0 Å². The minimum Gasteiger partial charge on any atom is -0.466 e. The molecule has 2 aliphatic rings. The first-order valence-electron chi connectivity index (χ1n) is 18.9. The summed E-state index contributed by atoms with van der Waals surface area (Å²) in [6.45, 7) is 11.7. The normalized spacial score (nSPS) is 16.5. The lowest BCUT2D eigenvalue weighted by molar-refractivity contribution is -0.150. The summed E-state index contributed by atoms with van der Waals surface area (Å²) in [5.74, 6) is 0.700. The maximum absolute atomic E-state index is 13.4. The van der Waals surface area contributed by atoms with Crippen LogP contribution in [0.1, 0.15) is 90.7 Å². The number of aromatic nitrogens is 5. The Morgan fingerprint density at radius 1 is 0.960 bits per heavy atom. The van der Waals surface area contributed by atoms with E-state index in [1.165, 1.54) is 32.1 Å². The highest BCUT2D eigenvalue weighted by Gasteiger charge is 2.32.